The first-order valence-electron chi connectivity index (χ1n) is 5.43. The lowest BCUT2D eigenvalue weighted by molar-refractivity contribution is -0.144. The number of benzene rings is 1. The molecule has 0 spiro atoms. The van der Waals surface area contributed by atoms with Crippen LogP contribution in [0.4, 0.5) is 0 Å². The summed E-state index contributed by atoms with van der Waals surface area (Å²) in [6.07, 6.45) is 0. The SMILES string of the molecule is COC(=O)C1CNS(=O)(=O)N1Cc1ccccc1. The minimum absolute atomic E-state index is 0.0435. The zero-order valence-electron chi connectivity index (χ0n) is 9.87. The summed E-state index contributed by atoms with van der Waals surface area (Å²) in [5.41, 5.74) is 0.818. The molecule has 1 aliphatic heterocycles. The summed E-state index contributed by atoms with van der Waals surface area (Å²) in [4.78, 5) is 11.5. The van der Waals surface area contributed by atoms with E-state index in [4.69, 9.17) is 0 Å². The third kappa shape index (κ3) is 2.53. The number of hydrogen-bond donors (Lipinski definition) is 1. The van der Waals surface area contributed by atoms with Crippen LogP contribution < -0.4 is 4.72 Å². The lowest BCUT2D eigenvalue weighted by Gasteiger charge is -2.19. The molecule has 0 bridgehead atoms. The molecule has 1 atom stereocenters. The maximum absolute atomic E-state index is 11.8. The predicted molar refractivity (Wildman–Crippen MR) is 64.7 cm³/mol. The van der Waals surface area contributed by atoms with Gasteiger partial charge in [-0.1, -0.05) is 30.3 Å². The average Bonchev–Trinajstić information content (AvgIpc) is 2.66. The average molecular weight is 270 g/mol. The highest BCUT2D eigenvalue weighted by Gasteiger charge is 2.41. The molecule has 0 aromatic heterocycles. The molecule has 1 N–H and O–H groups in total. The van der Waals surface area contributed by atoms with Crippen molar-refractivity contribution in [1.29, 1.82) is 0 Å². The second-order valence-corrected chi connectivity index (χ2v) is 5.63. The third-order valence-corrected chi connectivity index (χ3v) is 4.30. The summed E-state index contributed by atoms with van der Waals surface area (Å²) in [5.74, 6) is -0.556. The lowest BCUT2D eigenvalue weighted by Crippen LogP contribution is -2.40. The van der Waals surface area contributed by atoms with Crippen LogP contribution in [0, 0.1) is 0 Å². The van der Waals surface area contributed by atoms with E-state index in [0.717, 1.165) is 9.87 Å². The molecule has 0 radical (unpaired) electrons. The minimum atomic E-state index is -3.61. The summed E-state index contributed by atoms with van der Waals surface area (Å²) >= 11 is 0. The molecule has 0 aliphatic carbocycles. The van der Waals surface area contributed by atoms with Crippen LogP contribution in [-0.4, -0.2) is 38.4 Å². The first-order valence-corrected chi connectivity index (χ1v) is 6.87. The Bertz CT molecular complexity index is 529. The molecule has 0 saturated carbocycles. The van der Waals surface area contributed by atoms with Crippen LogP contribution in [0.25, 0.3) is 0 Å². The normalized spacial score (nSPS) is 22.8. The third-order valence-electron chi connectivity index (χ3n) is 2.77. The summed E-state index contributed by atoms with van der Waals surface area (Å²) in [6.45, 7) is 0.192. The summed E-state index contributed by atoms with van der Waals surface area (Å²) in [7, 11) is -2.36. The van der Waals surface area contributed by atoms with Crippen LogP contribution in [0.2, 0.25) is 0 Å². The number of nitrogens with one attached hydrogen (secondary N) is 1. The number of ether oxygens (including phenoxy) is 1. The number of hydrogen-bond acceptors (Lipinski definition) is 4. The van der Waals surface area contributed by atoms with Crippen LogP contribution in [0.3, 0.4) is 0 Å². The Labute approximate surface area is 106 Å². The van der Waals surface area contributed by atoms with Gasteiger partial charge in [-0.25, -0.2) is 0 Å². The van der Waals surface area contributed by atoms with Crippen LogP contribution >= 0.6 is 0 Å². The second-order valence-electron chi connectivity index (χ2n) is 3.92. The van der Waals surface area contributed by atoms with E-state index in [9.17, 15) is 13.2 Å². The zero-order valence-corrected chi connectivity index (χ0v) is 10.7. The van der Waals surface area contributed by atoms with Gasteiger partial charge in [0.1, 0.15) is 6.04 Å². The van der Waals surface area contributed by atoms with Gasteiger partial charge in [0.05, 0.1) is 7.11 Å². The number of carbonyl (C=O) groups is 1. The lowest BCUT2D eigenvalue weighted by atomic mass is 10.2. The molecule has 1 fully saturated rings. The van der Waals surface area contributed by atoms with Crippen LogP contribution in [0.15, 0.2) is 30.3 Å². The largest absolute Gasteiger partial charge is 0.468 e. The molecule has 18 heavy (non-hydrogen) atoms. The number of methoxy groups -OCH3 is 1. The number of esters is 1. The highest BCUT2D eigenvalue weighted by molar-refractivity contribution is 7.87. The second kappa shape index (κ2) is 5.05. The topological polar surface area (TPSA) is 75.7 Å². The molecule has 1 heterocycles. The van der Waals surface area contributed by atoms with E-state index in [1.54, 1.807) is 0 Å². The van der Waals surface area contributed by atoms with E-state index in [1.807, 2.05) is 30.3 Å². The van der Waals surface area contributed by atoms with Crippen molar-refractivity contribution < 1.29 is 17.9 Å². The molecular formula is C11H14N2O4S. The van der Waals surface area contributed by atoms with Gasteiger partial charge in [-0.05, 0) is 5.56 Å². The summed E-state index contributed by atoms with van der Waals surface area (Å²) in [6, 6.07) is 8.29. The monoisotopic (exact) mass is 270 g/mol. The van der Waals surface area contributed by atoms with Crippen LogP contribution in [0.5, 0.6) is 0 Å². The maximum atomic E-state index is 11.8. The highest BCUT2D eigenvalue weighted by atomic mass is 32.2. The smallest absolute Gasteiger partial charge is 0.325 e. The van der Waals surface area contributed by atoms with Gasteiger partial charge in [0.15, 0.2) is 0 Å². The standard InChI is InChI=1S/C11H14N2O4S/c1-17-11(14)10-7-12-18(15,16)13(10)8-9-5-3-2-4-6-9/h2-6,10,12H,7-8H2,1H3. The molecular weight excluding hydrogens is 256 g/mol. The fraction of sp³-hybridized carbons (Fsp3) is 0.364. The van der Waals surface area contributed by atoms with Crippen molar-refractivity contribution in [3.8, 4) is 0 Å². The van der Waals surface area contributed by atoms with E-state index in [0.29, 0.717) is 0 Å². The van der Waals surface area contributed by atoms with Gasteiger partial charge in [0.25, 0.3) is 10.2 Å². The molecule has 1 saturated heterocycles. The van der Waals surface area contributed by atoms with Gasteiger partial charge >= 0.3 is 5.97 Å². The zero-order chi connectivity index (χ0) is 13.2. The maximum Gasteiger partial charge on any atom is 0.325 e. The van der Waals surface area contributed by atoms with Crippen molar-refractivity contribution in [3.63, 3.8) is 0 Å². The number of rotatable bonds is 3. The fourth-order valence-electron chi connectivity index (χ4n) is 1.83. The van der Waals surface area contributed by atoms with Crippen molar-refractivity contribution in [2.45, 2.75) is 12.6 Å². The fourth-order valence-corrected chi connectivity index (χ4v) is 3.18. The Hall–Kier alpha value is -1.44. The van der Waals surface area contributed by atoms with Crippen molar-refractivity contribution in [2.75, 3.05) is 13.7 Å². The van der Waals surface area contributed by atoms with E-state index in [1.165, 1.54) is 7.11 Å². The van der Waals surface area contributed by atoms with E-state index >= 15 is 0 Å². The van der Waals surface area contributed by atoms with Crippen molar-refractivity contribution in [3.05, 3.63) is 35.9 Å². The first kappa shape index (κ1) is 13.0. The van der Waals surface area contributed by atoms with Crippen LogP contribution in [0.1, 0.15) is 5.56 Å². The molecule has 7 heteroatoms. The van der Waals surface area contributed by atoms with E-state index in [2.05, 4.69) is 9.46 Å². The van der Waals surface area contributed by atoms with Crippen LogP contribution in [-0.2, 0) is 26.3 Å². The van der Waals surface area contributed by atoms with Gasteiger partial charge in [-0.2, -0.15) is 17.4 Å². The molecule has 0 amide bonds. The summed E-state index contributed by atoms with van der Waals surface area (Å²) in [5, 5.41) is 0. The molecule has 98 valence electrons. The highest BCUT2D eigenvalue weighted by Crippen LogP contribution is 2.18. The quantitative estimate of drug-likeness (QED) is 0.777. The van der Waals surface area contributed by atoms with Crippen molar-refractivity contribution >= 4 is 16.2 Å². The molecule has 1 unspecified atom stereocenters. The number of nitrogens with zero attached hydrogens (tertiary/aromatic N) is 1. The van der Waals surface area contributed by atoms with Gasteiger partial charge in [0, 0.05) is 13.1 Å². The van der Waals surface area contributed by atoms with Gasteiger partial charge in [0.2, 0.25) is 0 Å². The van der Waals surface area contributed by atoms with E-state index < -0.39 is 22.2 Å². The summed E-state index contributed by atoms with van der Waals surface area (Å²) < 4.78 is 31.7. The molecule has 1 aromatic carbocycles. The predicted octanol–water partition coefficient (Wildman–Crippen LogP) is -0.122. The van der Waals surface area contributed by atoms with Crippen molar-refractivity contribution in [1.82, 2.24) is 9.03 Å². The van der Waals surface area contributed by atoms with Gasteiger partial charge in [-0.3, -0.25) is 4.79 Å². The van der Waals surface area contributed by atoms with Gasteiger partial charge < -0.3 is 4.74 Å². The first-order chi connectivity index (χ1) is 8.54. The Kier molecular flexibility index (Phi) is 3.65. The van der Waals surface area contributed by atoms with Crippen molar-refractivity contribution in [2.24, 2.45) is 0 Å². The Morgan fingerprint density at radius 1 is 1.44 bits per heavy atom. The Morgan fingerprint density at radius 2 is 2.11 bits per heavy atom. The molecule has 1 aliphatic rings. The minimum Gasteiger partial charge on any atom is -0.468 e. The molecule has 1 aromatic rings. The van der Waals surface area contributed by atoms with E-state index in [-0.39, 0.29) is 13.1 Å². The molecule has 6 nitrogen and oxygen atoms in total. The Morgan fingerprint density at radius 3 is 2.72 bits per heavy atom. The molecule has 2 rings (SSSR count). The number of carbonyl (C=O) groups excluding carboxylic acids is 1. The Balaban J connectivity index is 2.24. The van der Waals surface area contributed by atoms with Gasteiger partial charge in [-0.15, -0.1) is 0 Å².